The normalized spacial score (nSPS) is 11.5. The van der Waals surface area contributed by atoms with Gasteiger partial charge in [0.2, 0.25) is 0 Å². The monoisotopic (exact) mass is 267 g/mol. The molecule has 0 fully saturated rings. The van der Waals surface area contributed by atoms with Crippen molar-refractivity contribution >= 4 is 22.6 Å². The lowest BCUT2D eigenvalue weighted by atomic mass is 10.1. The Labute approximate surface area is 111 Å². The molecule has 0 aliphatic heterocycles. The van der Waals surface area contributed by atoms with E-state index in [-0.39, 0.29) is 5.69 Å². The van der Waals surface area contributed by atoms with Gasteiger partial charge in [0.05, 0.1) is 11.0 Å². The number of aromatic nitrogens is 2. The van der Waals surface area contributed by atoms with Crippen LogP contribution in [0.15, 0.2) is 23.0 Å². The van der Waals surface area contributed by atoms with Gasteiger partial charge < -0.3 is 14.9 Å². The Morgan fingerprint density at radius 1 is 1.22 bits per heavy atom. The molecule has 1 heterocycles. The van der Waals surface area contributed by atoms with Crippen molar-refractivity contribution in [3.05, 3.63) is 34.2 Å². The summed E-state index contributed by atoms with van der Waals surface area (Å²) in [5.74, 6) is 0.709. The highest BCUT2D eigenvalue weighted by atomic mass is 35.5. The van der Waals surface area contributed by atoms with Crippen LogP contribution in [0.3, 0.4) is 0 Å². The standard InChI is InChI=1S/C13H18ClN3O/c1-17(7-2-6-14)8-5-10-3-4-11-12(9-10)16-13(18)15-11/h3-4,9H,2,5-8H2,1H3,(H2,15,16,18). The smallest absolute Gasteiger partial charge is 0.306 e. The van der Waals surface area contributed by atoms with Gasteiger partial charge in [-0.25, -0.2) is 4.79 Å². The third kappa shape index (κ3) is 3.37. The molecule has 4 nitrogen and oxygen atoms in total. The molecule has 0 unspecified atom stereocenters. The zero-order chi connectivity index (χ0) is 13.0. The summed E-state index contributed by atoms with van der Waals surface area (Å²) in [5.41, 5.74) is 2.82. The third-order valence-electron chi connectivity index (χ3n) is 3.04. The molecule has 0 atom stereocenters. The number of aromatic amines is 2. The van der Waals surface area contributed by atoms with Crippen LogP contribution >= 0.6 is 11.6 Å². The van der Waals surface area contributed by atoms with Crippen LogP contribution in [0.2, 0.25) is 0 Å². The summed E-state index contributed by atoms with van der Waals surface area (Å²) in [6, 6.07) is 6.03. The molecule has 0 spiro atoms. The maximum Gasteiger partial charge on any atom is 0.323 e. The number of benzene rings is 1. The first-order chi connectivity index (χ1) is 8.69. The summed E-state index contributed by atoms with van der Waals surface area (Å²) in [6.45, 7) is 2.02. The van der Waals surface area contributed by atoms with Gasteiger partial charge in [-0.3, -0.25) is 0 Å². The first-order valence-electron chi connectivity index (χ1n) is 6.14. The Bertz CT molecular complexity index is 561. The molecular formula is C13H18ClN3O. The molecule has 1 aromatic heterocycles. The Hall–Kier alpha value is -1.26. The van der Waals surface area contributed by atoms with Crippen molar-refractivity contribution in [2.45, 2.75) is 12.8 Å². The van der Waals surface area contributed by atoms with Crippen molar-refractivity contribution in [3.8, 4) is 0 Å². The van der Waals surface area contributed by atoms with Crippen molar-refractivity contribution in [1.29, 1.82) is 0 Å². The Kier molecular flexibility index (Phi) is 4.44. The van der Waals surface area contributed by atoms with E-state index in [1.54, 1.807) is 0 Å². The second kappa shape index (κ2) is 6.07. The number of halogens is 1. The number of likely N-dealkylation sites (N-methyl/N-ethyl adjacent to an activating group) is 1. The van der Waals surface area contributed by atoms with E-state index in [1.807, 2.05) is 12.1 Å². The number of hydrogen-bond donors (Lipinski definition) is 2. The van der Waals surface area contributed by atoms with Crippen molar-refractivity contribution in [2.24, 2.45) is 0 Å². The molecule has 1 aromatic carbocycles. The fourth-order valence-corrected chi connectivity index (χ4v) is 2.12. The van der Waals surface area contributed by atoms with Crippen molar-refractivity contribution in [1.82, 2.24) is 14.9 Å². The summed E-state index contributed by atoms with van der Waals surface area (Å²) >= 11 is 5.67. The van der Waals surface area contributed by atoms with Crippen molar-refractivity contribution < 1.29 is 0 Å². The van der Waals surface area contributed by atoms with E-state index >= 15 is 0 Å². The predicted octanol–water partition coefficient (Wildman–Crippen LogP) is 1.96. The van der Waals surface area contributed by atoms with E-state index < -0.39 is 0 Å². The topological polar surface area (TPSA) is 51.9 Å². The summed E-state index contributed by atoms with van der Waals surface area (Å²) < 4.78 is 0. The van der Waals surface area contributed by atoms with Gasteiger partial charge in [0.1, 0.15) is 0 Å². The Balaban J connectivity index is 1.97. The van der Waals surface area contributed by atoms with Crippen LogP contribution in [0.5, 0.6) is 0 Å². The molecule has 0 amide bonds. The number of alkyl halides is 1. The van der Waals surface area contributed by atoms with Crippen LogP contribution in [0, 0.1) is 0 Å². The lowest BCUT2D eigenvalue weighted by Gasteiger charge is -2.15. The summed E-state index contributed by atoms with van der Waals surface area (Å²) in [7, 11) is 2.10. The molecule has 0 saturated carbocycles. The van der Waals surface area contributed by atoms with Crippen molar-refractivity contribution in [3.63, 3.8) is 0 Å². The lowest BCUT2D eigenvalue weighted by Crippen LogP contribution is -2.22. The van der Waals surface area contributed by atoms with Gasteiger partial charge in [0, 0.05) is 12.4 Å². The van der Waals surface area contributed by atoms with Gasteiger partial charge in [0.25, 0.3) is 0 Å². The quantitative estimate of drug-likeness (QED) is 0.786. The van der Waals surface area contributed by atoms with Gasteiger partial charge in [-0.15, -0.1) is 11.6 Å². The van der Waals surface area contributed by atoms with E-state index in [4.69, 9.17) is 11.6 Å². The van der Waals surface area contributed by atoms with Gasteiger partial charge in [-0.1, -0.05) is 6.07 Å². The van der Waals surface area contributed by atoms with Crippen LogP contribution in [-0.2, 0) is 6.42 Å². The molecule has 0 saturated heterocycles. The number of nitrogens with one attached hydrogen (secondary N) is 2. The largest absolute Gasteiger partial charge is 0.323 e. The first kappa shape index (κ1) is 13.2. The van der Waals surface area contributed by atoms with Crippen LogP contribution in [0.4, 0.5) is 0 Å². The highest BCUT2D eigenvalue weighted by Gasteiger charge is 2.02. The minimum absolute atomic E-state index is 0.151. The van der Waals surface area contributed by atoms with Gasteiger partial charge >= 0.3 is 5.69 Å². The molecular weight excluding hydrogens is 250 g/mol. The van der Waals surface area contributed by atoms with E-state index in [0.717, 1.165) is 37.0 Å². The molecule has 98 valence electrons. The molecule has 0 aliphatic carbocycles. The molecule has 0 bridgehead atoms. The molecule has 18 heavy (non-hydrogen) atoms. The number of hydrogen-bond acceptors (Lipinski definition) is 2. The van der Waals surface area contributed by atoms with Gasteiger partial charge in [-0.2, -0.15) is 0 Å². The molecule has 2 rings (SSSR count). The Morgan fingerprint density at radius 2 is 2.00 bits per heavy atom. The first-order valence-corrected chi connectivity index (χ1v) is 6.68. The third-order valence-corrected chi connectivity index (χ3v) is 3.30. The van der Waals surface area contributed by atoms with Crippen LogP contribution < -0.4 is 5.69 Å². The molecule has 0 aliphatic rings. The zero-order valence-corrected chi connectivity index (χ0v) is 11.3. The highest BCUT2D eigenvalue weighted by molar-refractivity contribution is 6.17. The minimum Gasteiger partial charge on any atom is -0.306 e. The van der Waals surface area contributed by atoms with Crippen LogP contribution in [0.1, 0.15) is 12.0 Å². The van der Waals surface area contributed by atoms with E-state index in [2.05, 4.69) is 28.0 Å². The van der Waals surface area contributed by atoms with Gasteiger partial charge in [-0.05, 0) is 44.1 Å². The number of fused-ring (bicyclic) bond motifs is 1. The summed E-state index contributed by atoms with van der Waals surface area (Å²) in [5, 5.41) is 0. The average Bonchev–Trinajstić information content (AvgIpc) is 2.73. The fraction of sp³-hybridized carbons (Fsp3) is 0.462. The minimum atomic E-state index is -0.151. The van der Waals surface area contributed by atoms with Crippen molar-refractivity contribution in [2.75, 3.05) is 26.0 Å². The highest BCUT2D eigenvalue weighted by Crippen LogP contribution is 2.11. The van der Waals surface area contributed by atoms with Crippen LogP contribution in [-0.4, -0.2) is 40.9 Å². The molecule has 2 aromatic rings. The SMILES string of the molecule is CN(CCCCl)CCc1ccc2[nH]c(=O)[nH]c2c1. The average molecular weight is 268 g/mol. The van der Waals surface area contributed by atoms with E-state index in [1.165, 1.54) is 5.56 Å². The van der Waals surface area contributed by atoms with E-state index in [9.17, 15) is 4.79 Å². The Morgan fingerprint density at radius 3 is 2.78 bits per heavy atom. The van der Waals surface area contributed by atoms with Crippen LogP contribution in [0.25, 0.3) is 11.0 Å². The maximum absolute atomic E-state index is 11.2. The van der Waals surface area contributed by atoms with Gasteiger partial charge in [0.15, 0.2) is 0 Å². The predicted molar refractivity (Wildman–Crippen MR) is 75.5 cm³/mol. The number of rotatable bonds is 6. The second-order valence-corrected chi connectivity index (χ2v) is 4.93. The fourth-order valence-electron chi connectivity index (χ4n) is 2.00. The number of imidazole rings is 1. The second-order valence-electron chi connectivity index (χ2n) is 4.55. The van der Waals surface area contributed by atoms with E-state index in [0.29, 0.717) is 5.88 Å². The molecule has 5 heteroatoms. The maximum atomic E-state index is 11.2. The summed E-state index contributed by atoms with van der Waals surface area (Å²) in [4.78, 5) is 18.9. The summed E-state index contributed by atoms with van der Waals surface area (Å²) in [6.07, 6.45) is 1.99. The molecule has 2 N–H and O–H groups in total. The lowest BCUT2D eigenvalue weighted by molar-refractivity contribution is 0.340. The zero-order valence-electron chi connectivity index (χ0n) is 10.5. The number of nitrogens with zero attached hydrogens (tertiary/aromatic N) is 1. The molecule has 0 radical (unpaired) electrons. The number of H-pyrrole nitrogens is 2.